The maximum Gasteiger partial charge on any atom is 0.0793 e. The Morgan fingerprint density at radius 1 is 1.16 bits per heavy atom. The molecular formula is C17H21NO. The summed E-state index contributed by atoms with van der Waals surface area (Å²) in [5, 5.41) is 10.3. The second-order valence-electron chi connectivity index (χ2n) is 4.82. The van der Waals surface area contributed by atoms with Crippen molar-refractivity contribution < 1.29 is 5.11 Å². The quantitative estimate of drug-likeness (QED) is 0.853. The van der Waals surface area contributed by atoms with E-state index in [1.54, 1.807) is 6.20 Å². The van der Waals surface area contributed by atoms with Crippen molar-refractivity contribution in [3.8, 4) is 0 Å². The molecule has 2 heteroatoms. The summed E-state index contributed by atoms with van der Waals surface area (Å²) in [5.74, 6) is 0. The molecule has 0 bridgehead atoms. The number of nitrogens with zero attached hydrogens (tertiary/aromatic N) is 1. The third-order valence-corrected chi connectivity index (χ3v) is 3.47. The van der Waals surface area contributed by atoms with Crippen LogP contribution in [0.15, 0.2) is 48.8 Å². The number of aliphatic hydroxyl groups is 1. The molecule has 0 saturated heterocycles. The van der Waals surface area contributed by atoms with E-state index >= 15 is 0 Å². The Hall–Kier alpha value is -1.67. The molecule has 1 unspecified atom stereocenters. The first kappa shape index (κ1) is 13.8. The normalized spacial score (nSPS) is 12.3. The molecule has 2 aromatic rings. The van der Waals surface area contributed by atoms with E-state index in [4.69, 9.17) is 0 Å². The lowest BCUT2D eigenvalue weighted by Crippen LogP contribution is -2.03. The lowest BCUT2D eigenvalue weighted by Gasteiger charge is -2.14. The SMILES string of the molecule is CCc1cnccc1C(O)CCCc1ccccc1. The van der Waals surface area contributed by atoms with Crippen LogP contribution in [0.1, 0.15) is 42.6 Å². The zero-order chi connectivity index (χ0) is 13.5. The Balaban J connectivity index is 1.89. The molecule has 0 aliphatic carbocycles. The van der Waals surface area contributed by atoms with Crippen molar-refractivity contribution in [3.63, 3.8) is 0 Å². The highest BCUT2D eigenvalue weighted by molar-refractivity contribution is 5.25. The molecule has 0 fully saturated rings. The molecule has 0 amide bonds. The molecule has 1 heterocycles. The standard InChI is InChI=1S/C17H21NO/c1-2-15-13-18-12-11-16(15)17(19)10-6-9-14-7-4-3-5-8-14/h3-5,7-8,11-13,17,19H,2,6,9-10H2,1H3. The molecule has 2 nitrogen and oxygen atoms in total. The van der Waals surface area contributed by atoms with E-state index in [0.717, 1.165) is 36.8 Å². The summed E-state index contributed by atoms with van der Waals surface area (Å²) >= 11 is 0. The van der Waals surface area contributed by atoms with Crippen LogP contribution < -0.4 is 0 Å². The second kappa shape index (κ2) is 7.05. The van der Waals surface area contributed by atoms with Crippen molar-refractivity contribution in [2.75, 3.05) is 0 Å². The smallest absolute Gasteiger partial charge is 0.0793 e. The summed E-state index contributed by atoms with van der Waals surface area (Å²) in [5.41, 5.74) is 3.51. The van der Waals surface area contributed by atoms with Gasteiger partial charge in [0.05, 0.1) is 6.10 Å². The van der Waals surface area contributed by atoms with Crippen LogP contribution in [-0.4, -0.2) is 10.1 Å². The topological polar surface area (TPSA) is 33.1 Å². The van der Waals surface area contributed by atoms with Gasteiger partial charge in [-0.25, -0.2) is 0 Å². The first-order valence-corrected chi connectivity index (χ1v) is 6.96. The number of aromatic nitrogens is 1. The summed E-state index contributed by atoms with van der Waals surface area (Å²) < 4.78 is 0. The molecule has 0 saturated carbocycles. The van der Waals surface area contributed by atoms with E-state index < -0.39 is 0 Å². The highest BCUT2D eigenvalue weighted by Gasteiger charge is 2.11. The van der Waals surface area contributed by atoms with Crippen molar-refractivity contribution in [1.82, 2.24) is 4.98 Å². The largest absolute Gasteiger partial charge is 0.388 e. The van der Waals surface area contributed by atoms with Gasteiger partial charge < -0.3 is 5.11 Å². The molecular weight excluding hydrogens is 234 g/mol. The summed E-state index contributed by atoms with van der Waals surface area (Å²) in [6.45, 7) is 2.09. The van der Waals surface area contributed by atoms with Crippen LogP contribution in [0.5, 0.6) is 0 Å². The van der Waals surface area contributed by atoms with Crippen LogP contribution in [0.4, 0.5) is 0 Å². The van der Waals surface area contributed by atoms with Gasteiger partial charge in [-0.3, -0.25) is 4.98 Å². The zero-order valence-electron chi connectivity index (χ0n) is 11.4. The fourth-order valence-corrected chi connectivity index (χ4v) is 2.36. The summed E-state index contributed by atoms with van der Waals surface area (Å²) in [6.07, 6.45) is 6.97. The minimum absolute atomic E-state index is 0.373. The van der Waals surface area contributed by atoms with Gasteiger partial charge in [0, 0.05) is 12.4 Å². The minimum Gasteiger partial charge on any atom is -0.388 e. The Morgan fingerprint density at radius 2 is 1.95 bits per heavy atom. The molecule has 0 aliphatic rings. The number of rotatable bonds is 6. The number of hydrogen-bond acceptors (Lipinski definition) is 2. The van der Waals surface area contributed by atoms with E-state index in [1.807, 2.05) is 18.3 Å². The van der Waals surface area contributed by atoms with Crippen LogP contribution in [0.2, 0.25) is 0 Å². The van der Waals surface area contributed by atoms with E-state index in [9.17, 15) is 5.11 Å². The van der Waals surface area contributed by atoms with Crippen molar-refractivity contribution in [1.29, 1.82) is 0 Å². The highest BCUT2D eigenvalue weighted by Crippen LogP contribution is 2.22. The third-order valence-electron chi connectivity index (χ3n) is 3.47. The van der Waals surface area contributed by atoms with Crippen molar-refractivity contribution >= 4 is 0 Å². The molecule has 0 spiro atoms. The number of benzene rings is 1. The molecule has 1 aromatic carbocycles. The van der Waals surface area contributed by atoms with Gasteiger partial charge in [-0.05, 0) is 48.4 Å². The van der Waals surface area contributed by atoms with Crippen molar-refractivity contribution in [2.45, 2.75) is 38.7 Å². The van der Waals surface area contributed by atoms with Gasteiger partial charge in [0.2, 0.25) is 0 Å². The van der Waals surface area contributed by atoms with Gasteiger partial charge in [-0.15, -0.1) is 0 Å². The fourth-order valence-electron chi connectivity index (χ4n) is 2.36. The lowest BCUT2D eigenvalue weighted by atomic mass is 9.98. The lowest BCUT2D eigenvalue weighted by molar-refractivity contribution is 0.163. The van der Waals surface area contributed by atoms with Crippen LogP contribution in [-0.2, 0) is 12.8 Å². The van der Waals surface area contributed by atoms with Gasteiger partial charge in [0.15, 0.2) is 0 Å². The summed E-state index contributed by atoms with van der Waals surface area (Å²) in [7, 11) is 0. The minimum atomic E-state index is -0.373. The van der Waals surface area contributed by atoms with Crippen LogP contribution in [0.3, 0.4) is 0 Å². The molecule has 1 N–H and O–H groups in total. The maximum atomic E-state index is 10.3. The van der Waals surface area contributed by atoms with Crippen molar-refractivity contribution in [3.05, 3.63) is 65.5 Å². The van der Waals surface area contributed by atoms with Gasteiger partial charge in [0.1, 0.15) is 0 Å². The Morgan fingerprint density at radius 3 is 2.68 bits per heavy atom. The molecule has 100 valence electrons. The van der Waals surface area contributed by atoms with Crippen LogP contribution in [0, 0.1) is 0 Å². The van der Waals surface area contributed by atoms with Gasteiger partial charge in [-0.2, -0.15) is 0 Å². The summed E-state index contributed by atoms with van der Waals surface area (Å²) in [6, 6.07) is 12.4. The monoisotopic (exact) mass is 255 g/mol. The Bertz CT molecular complexity index is 496. The predicted molar refractivity (Wildman–Crippen MR) is 78.0 cm³/mol. The summed E-state index contributed by atoms with van der Waals surface area (Å²) in [4.78, 5) is 4.12. The average molecular weight is 255 g/mol. The highest BCUT2D eigenvalue weighted by atomic mass is 16.3. The average Bonchev–Trinajstić information content (AvgIpc) is 2.48. The van der Waals surface area contributed by atoms with E-state index in [0.29, 0.717) is 0 Å². The van der Waals surface area contributed by atoms with E-state index in [-0.39, 0.29) is 6.10 Å². The predicted octanol–water partition coefficient (Wildman–Crippen LogP) is 3.70. The Labute approximate surface area is 115 Å². The molecule has 1 aromatic heterocycles. The van der Waals surface area contributed by atoms with Crippen LogP contribution in [0.25, 0.3) is 0 Å². The third kappa shape index (κ3) is 3.90. The van der Waals surface area contributed by atoms with Crippen molar-refractivity contribution in [2.24, 2.45) is 0 Å². The number of hydrogen-bond donors (Lipinski definition) is 1. The van der Waals surface area contributed by atoms with Gasteiger partial charge in [-0.1, -0.05) is 37.3 Å². The number of pyridine rings is 1. The molecule has 1 atom stereocenters. The van der Waals surface area contributed by atoms with Gasteiger partial charge in [0.25, 0.3) is 0 Å². The first-order chi connectivity index (χ1) is 9.31. The number of aliphatic hydroxyl groups excluding tert-OH is 1. The van der Waals surface area contributed by atoms with Crippen LogP contribution >= 0.6 is 0 Å². The van der Waals surface area contributed by atoms with E-state index in [1.165, 1.54) is 5.56 Å². The molecule has 2 rings (SSSR count). The molecule has 19 heavy (non-hydrogen) atoms. The zero-order valence-corrected chi connectivity index (χ0v) is 11.4. The van der Waals surface area contributed by atoms with Gasteiger partial charge >= 0.3 is 0 Å². The van der Waals surface area contributed by atoms with E-state index in [2.05, 4.69) is 36.2 Å². The Kier molecular flexibility index (Phi) is 5.10. The molecule has 0 aliphatic heterocycles. The second-order valence-corrected chi connectivity index (χ2v) is 4.82. The maximum absolute atomic E-state index is 10.3. The first-order valence-electron chi connectivity index (χ1n) is 6.96. The fraction of sp³-hybridized carbons (Fsp3) is 0.353. The molecule has 0 radical (unpaired) electrons. The number of aryl methyl sites for hydroxylation is 2.